The van der Waals surface area contributed by atoms with E-state index >= 15 is 0 Å². The van der Waals surface area contributed by atoms with Gasteiger partial charge in [0.05, 0.1) is 11.7 Å². The minimum Gasteiger partial charge on any atom is -0.444 e. The van der Waals surface area contributed by atoms with Crippen molar-refractivity contribution in [1.82, 2.24) is 0 Å². The number of anilines is 1. The Labute approximate surface area is 199 Å². The third-order valence-corrected chi connectivity index (χ3v) is 5.64. The number of hydrogen-bond acceptors (Lipinski definition) is 5. The molecule has 2 amide bonds. The summed E-state index contributed by atoms with van der Waals surface area (Å²) in [4.78, 5) is 27.3. The molecule has 3 aromatic carbocycles. The summed E-state index contributed by atoms with van der Waals surface area (Å²) in [5.41, 5.74) is 15.4. The summed E-state index contributed by atoms with van der Waals surface area (Å²) < 4.78 is 5.46. The molecular weight excluding hydrogens is 438 g/mol. The van der Waals surface area contributed by atoms with Crippen LogP contribution in [0.2, 0.25) is 0 Å². The van der Waals surface area contributed by atoms with E-state index in [1.807, 2.05) is 72.8 Å². The van der Waals surface area contributed by atoms with Gasteiger partial charge in [-0.3, -0.25) is 4.79 Å². The molecule has 0 bridgehead atoms. The summed E-state index contributed by atoms with van der Waals surface area (Å²) >= 11 is 0. The predicted molar refractivity (Wildman–Crippen MR) is 131 cm³/mol. The van der Waals surface area contributed by atoms with E-state index < -0.39 is 18.0 Å². The lowest BCUT2D eigenvalue weighted by Gasteiger charge is -2.24. The number of amides is 2. The van der Waals surface area contributed by atoms with Crippen molar-refractivity contribution >= 4 is 30.1 Å². The van der Waals surface area contributed by atoms with Crippen molar-refractivity contribution in [3.8, 4) is 0 Å². The molecule has 1 fully saturated rings. The second-order valence-corrected chi connectivity index (χ2v) is 8.11. The zero-order valence-electron chi connectivity index (χ0n) is 18.2. The molecule has 1 aliphatic rings. The molecule has 3 aromatic rings. The molecule has 1 aliphatic carbocycles. The highest BCUT2D eigenvalue weighted by Gasteiger charge is 2.35. The number of nitrogens with zero attached hydrogens (tertiary/aromatic N) is 1. The largest absolute Gasteiger partial charge is 0.444 e. The van der Waals surface area contributed by atoms with Crippen LogP contribution < -0.4 is 16.4 Å². The van der Waals surface area contributed by atoms with Crippen molar-refractivity contribution in [2.45, 2.75) is 37.5 Å². The normalized spacial score (nSPS) is 17.4. The van der Waals surface area contributed by atoms with Gasteiger partial charge in [0, 0.05) is 12.0 Å². The fourth-order valence-electron chi connectivity index (χ4n) is 3.70. The molecular formula is C26H28ClN3O3. The van der Waals surface area contributed by atoms with E-state index in [2.05, 4.69) is 0 Å². The molecule has 1 saturated carbocycles. The maximum atomic E-state index is 13.3. The van der Waals surface area contributed by atoms with Crippen molar-refractivity contribution in [2.75, 3.05) is 4.90 Å². The third kappa shape index (κ3) is 6.20. The number of hydrogen-bond donors (Lipinski definition) is 2. The van der Waals surface area contributed by atoms with E-state index in [1.165, 1.54) is 0 Å². The Bertz CT molecular complexity index is 1060. The number of benzene rings is 3. The number of carbonyl (C=O) groups excluding carboxylic acids is 2. The van der Waals surface area contributed by atoms with Crippen LogP contribution in [-0.4, -0.2) is 24.1 Å². The van der Waals surface area contributed by atoms with Crippen molar-refractivity contribution in [3.05, 3.63) is 102 Å². The van der Waals surface area contributed by atoms with Crippen LogP contribution in [0.15, 0.2) is 84.9 Å². The molecule has 172 valence electrons. The van der Waals surface area contributed by atoms with E-state index in [-0.39, 0.29) is 25.1 Å². The number of rotatable bonds is 7. The Balaban J connectivity index is 0.00000306. The number of ether oxygens (including phenoxy) is 1. The van der Waals surface area contributed by atoms with Crippen LogP contribution in [0.1, 0.15) is 29.0 Å². The Kier molecular flexibility index (Phi) is 8.22. The third-order valence-electron chi connectivity index (χ3n) is 5.64. The van der Waals surface area contributed by atoms with E-state index in [0.29, 0.717) is 18.0 Å². The topological polar surface area (TPSA) is 98.6 Å². The van der Waals surface area contributed by atoms with Gasteiger partial charge in [0.2, 0.25) is 0 Å². The smallest absolute Gasteiger partial charge is 0.421 e. The highest BCUT2D eigenvalue weighted by Crippen LogP contribution is 2.39. The van der Waals surface area contributed by atoms with Gasteiger partial charge in [-0.05, 0) is 41.7 Å². The molecule has 0 radical (unpaired) electrons. The van der Waals surface area contributed by atoms with Gasteiger partial charge in [-0.25, -0.2) is 9.69 Å². The molecule has 6 nitrogen and oxygen atoms in total. The van der Waals surface area contributed by atoms with Gasteiger partial charge in [-0.2, -0.15) is 0 Å². The van der Waals surface area contributed by atoms with Crippen LogP contribution in [0.25, 0.3) is 0 Å². The van der Waals surface area contributed by atoms with E-state index in [0.717, 1.165) is 28.0 Å². The van der Waals surface area contributed by atoms with E-state index in [1.54, 1.807) is 12.1 Å². The monoisotopic (exact) mass is 465 g/mol. The minimum absolute atomic E-state index is 0. The summed E-state index contributed by atoms with van der Waals surface area (Å²) in [5, 5.41) is 0. The predicted octanol–water partition coefficient (Wildman–Crippen LogP) is 4.16. The average Bonchev–Trinajstić information content (AvgIpc) is 3.56. The highest BCUT2D eigenvalue weighted by atomic mass is 35.5. The first-order valence-corrected chi connectivity index (χ1v) is 10.7. The van der Waals surface area contributed by atoms with Crippen LogP contribution in [0.5, 0.6) is 0 Å². The fraction of sp³-hybridized carbons (Fsp3) is 0.231. The lowest BCUT2D eigenvalue weighted by Crippen LogP contribution is -2.48. The summed E-state index contributed by atoms with van der Waals surface area (Å²) in [6, 6.07) is 25.4. The summed E-state index contributed by atoms with van der Waals surface area (Å²) in [7, 11) is 0. The molecule has 0 saturated heterocycles. The summed E-state index contributed by atoms with van der Waals surface area (Å²) in [6.45, 7) is 0.0619. The molecule has 0 aliphatic heterocycles. The van der Waals surface area contributed by atoms with Gasteiger partial charge in [-0.1, -0.05) is 72.8 Å². The molecule has 0 aromatic heterocycles. The Morgan fingerprint density at radius 1 is 0.909 bits per heavy atom. The van der Waals surface area contributed by atoms with Crippen LogP contribution in [0.3, 0.4) is 0 Å². The van der Waals surface area contributed by atoms with Gasteiger partial charge in [0.25, 0.3) is 5.91 Å². The summed E-state index contributed by atoms with van der Waals surface area (Å²) in [5.74, 6) is -0.179. The van der Waals surface area contributed by atoms with Gasteiger partial charge in [-0.15, -0.1) is 12.4 Å². The Morgan fingerprint density at radius 2 is 1.45 bits per heavy atom. The fourth-order valence-corrected chi connectivity index (χ4v) is 3.70. The second kappa shape index (κ2) is 11.1. The summed E-state index contributed by atoms with van der Waals surface area (Å²) in [6.07, 6.45) is 0.512. The highest BCUT2D eigenvalue weighted by molar-refractivity contribution is 6.14. The number of halogens is 1. The van der Waals surface area contributed by atoms with Crippen LogP contribution in [0.4, 0.5) is 10.5 Å². The van der Waals surface area contributed by atoms with Crippen molar-refractivity contribution in [1.29, 1.82) is 0 Å². The Morgan fingerprint density at radius 3 is 2.00 bits per heavy atom. The van der Waals surface area contributed by atoms with Crippen molar-refractivity contribution in [2.24, 2.45) is 11.5 Å². The first kappa shape index (κ1) is 24.5. The van der Waals surface area contributed by atoms with Gasteiger partial charge < -0.3 is 16.2 Å². The zero-order valence-corrected chi connectivity index (χ0v) is 19.0. The molecule has 33 heavy (non-hydrogen) atoms. The van der Waals surface area contributed by atoms with Gasteiger partial charge >= 0.3 is 6.09 Å². The van der Waals surface area contributed by atoms with Crippen LogP contribution in [0, 0.1) is 0 Å². The second-order valence-electron chi connectivity index (χ2n) is 8.11. The van der Waals surface area contributed by atoms with Crippen LogP contribution >= 0.6 is 12.4 Å². The molecule has 3 atom stereocenters. The van der Waals surface area contributed by atoms with E-state index in [4.69, 9.17) is 16.2 Å². The SMILES string of the molecule is Cl.NC1CC1c1ccc(N(C(=O)OCc2ccccc2)C(=O)[C@H](N)Cc2ccccc2)cc1. The first-order chi connectivity index (χ1) is 15.5. The van der Waals surface area contributed by atoms with Gasteiger partial charge in [0.15, 0.2) is 0 Å². The number of carbonyl (C=O) groups is 2. The lowest BCUT2D eigenvalue weighted by atomic mass is 10.0. The molecule has 4 N–H and O–H groups in total. The molecule has 0 spiro atoms. The maximum Gasteiger partial charge on any atom is 0.421 e. The standard InChI is InChI=1S/C26H27N3O3.ClH/c27-23-16-22(23)20-11-13-21(14-12-20)29(26(31)32-17-19-9-5-2-6-10-19)25(30)24(28)15-18-7-3-1-4-8-18;/h1-14,22-24H,15-17,27-28H2;1H/t22?,23?,24-;/m1./s1. The molecule has 4 rings (SSSR count). The van der Waals surface area contributed by atoms with Gasteiger partial charge in [0.1, 0.15) is 6.61 Å². The first-order valence-electron chi connectivity index (χ1n) is 10.7. The maximum absolute atomic E-state index is 13.3. The van der Waals surface area contributed by atoms with Crippen molar-refractivity contribution < 1.29 is 14.3 Å². The van der Waals surface area contributed by atoms with E-state index in [9.17, 15) is 9.59 Å². The van der Waals surface area contributed by atoms with Crippen LogP contribution in [-0.2, 0) is 22.6 Å². The molecule has 0 heterocycles. The van der Waals surface area contributed by atoms with Crippen molar-refractivity contribution in [3.63, 3.8) is 0 Å². The average molecular weight is 466 g/mol. The quantitative estimate of drug-likeness (QED) is 0.545. The Hall–Kier alpha value is -3.19. The molecule has 2 unspecified atom stereocenters. The number of imide groups is 1. The number of nitrogens with two attached hydrogens (primary N) is 2. The zero-order chi connectivity index (χ0) is 22.5. The lowest BCUT2D eigenvalue weighted by molar-refractivity contribution is -0.119. The minimum atomic E-state index is -0.891. The molecule has 7 heteroatoms.